The van der Waals surface area contributed by atoms with Gasteiger partial charge < -0.3 is 14.4 Å². The lowest BCUT2D eigenvalue weighted by molar-refractivity contribution is -0.151. The molecular weight excluding hydrogens is 703 g/mol. The molecule has 0 spiro atoms. The van der Waals surface area contributed by atoms with Crippen LogP contribution in [0, 0.1) is 41.4 Å². The average Bonchev–Trinajstić information content (AvgIpc) is 3.82. The van der Waals surface area contributed by atoms with Crippen LogP contribution in [0.5, 0.6) is 0 Å². The second-order valence-corrected chi connectivity index (χ2v) is 20.7. The molecule has 0 aromatic heterocycles. The number of carbonyl (C=O) groups is 2. The van der Waals surface area contributed by atoms with E-state index in [1.165, 1.54) is 161 Å². The molecule has 4 saturated carbocycles. The summed E-state index contributed by atoms with van der Waals surface area (Å²) in [5.74, 6) is 6.24. The molecule has 0 N–H and O–H groups in total. The Morgan fingerprint density at radius 2 is 0.877 bits per heavy atom. The first-order valence-electron chi connectivity index (χ1n) is 25.9. The van der Waals surface area contributed by atoms with E-state index < -0.39 is 0 Å². The van der Waals surface area contributed by atoms with Gasteiger partial charge in [-0.3, -0.25) is 9.59 Å². The third-order valence-electron chi connectivity index (χ3n) is 15.5. The first-order chi connectivity index (χ1) is 27.8. The summed E-state index contributed by atoms with van der Waals surface area (Å²) in [5, 5.41) is 0. The van der Waals surface area contributed by atoms with Crippen LogP contribution < -0.4 is 0 Å². The summed E-state index contributed by atoms with van der Waals surface area (Å²) in [6, 6.07) is 0. The van der Waals surface area contributed by atoms with Crippen molar-refractivity contribution in [3.8, 4) is 0 Å². The molecule has 4 aliphatic carbocycles. The number of ether oxygens (including phenoxy) is 2. The van der Waals surface area contributed by atoms with Crippen LogP contribution in [0.4, 0.5) is 0 Å². The summed E-state index contributed by atoms with van der Waals surface area (Å²) in [5.41, 5.74) is 0. The van der Waals surface area contributed by atoms with Gasteiger partial charge in [-0.15, -0.1) is 0 Å². The molecule has 0 aromatic carbocycles. The van der Waals surface area contributed by atoms with Crippen LogP contribution in [0.15, 0.2) is 0 Å². The number of hydrogen-bond acceptors (Lipinski definition) is 5. The minimum absolute atomic E-state index is 0.0107. The van der Waals surface area contributed by atoms with Gasteiger partial charge in [0.15, 0.2) is 0 Å². The Bertz CT molecular complexity index is 967. The van der Waals surface area contributed by atoms with E-state index in [0.29, 0.717) is 18.8 Å². The van der Waals surface area contributed by atoms with Crippen molar-refractivity contribution in [2.75, 3.05) is 20.6 Å². The highest BCUT2D eigenvalue weighted by Crippen LogP contribution is 2.48. The molecule has 332 valence electrons. The Balaban J connectivity index is 1.21. The lowest BCUT2D eigenvalue weighted by atomic mass is 9.82. The maximum absolute atomic E-state index is 13.5. The molecule has 5 heteroatoms. The lowest BCUT2D eigenvalue weighted by Crippen LogP contribution is -2.20. The zero-order valence-corrected chi connectivity index (χ0v) is 38.4. The second kappa shape index (κ2) is 29.2. The summed E-state index contributed by atoms with van der Waals surface area (Å²) >= 11 is 0. The quantitative estimate of drug-likeness (QED) is 0.0501. The van der Waals surface area contributed by atoms with Gasteiger partial charge in [0.05, 0.1) is 0 Å². The fourth-order valence-electron chi connectivity index (χ4n) is 12.2. The third-order valence-corrected chi connectivity index (χ3v) is 15.5. The number of nitrogens with zero attached hydrogens (tertiary/aromatic N) is 1. The van der Waals surface area contributed by atoms with E-state index in [0.717, 1.165) is 99.8 Å². The smallest absolute Gasteiger partial charge is 0.306 e. The zero-order valence-electron chi connectivity index (χ0n) is 38.4. The van der Waals surface area contributed by atoms with Gasteiger partial charge in [0.25, 0.3) is 0 Å². The Morgan fingerprint density at radius 1 is 0.491 bits per heavy atom. The standard InChI is InChI=1S/C52H95NO4/c1-5-7-9-11-13-29-49(30-14-12-10-8-6-2)56-51(54)31-19-22-42(24-21-37-53(3)4)23-20-32-52(55)57-50(35-33-43-38-45-25-15-16-26-46(45)39-43)36-34-44-40-47-27-17-18-28-48(47)41-44/h42-50H,5-41H2,1-4H3. The summed E-state index contributed by atoms with van der Waals surface area (Å²) < 4.78 is 12.6. The monoisotopic (exact) mass is 798 g/mol. The summed E-state index contributed by atoms with van der Waals surface area (Å²) in [4.78, 5) is 28.9. The lowest BCUT2D eigenvalue weighted by Gasteiger charge is -2.24. The van der Waals surface area contributed by atoms with E-state index in [-0.39, 0.29) is 24.1 Å². The van der Waals surface area contributed by atoms with Gasteiger partial charge in [0.2, 0.25) is 0 Å². The van der Waals surface area contributed by atoms with Crippen LogP contribution in [0.3, 0.4) is 0 Å². The van der Waals surface area contributed by atoms with Crippen LogP contribution in [-0.2, 0) is 19.1 Å². The molecule has 0 aromatic rings. The summed E-state index contributed by atoms with van der Waals surface area (Å²) in [6.07, 6.45) is 44.2. The van der Waals surface area contributed by atoms with E-state index in [1.807, 2.05) is 0 Å². The molecular formula is C52H95NO4. The molecule has 0 radical (unpaired) electrons. The highest BCUT2D eigenvalue weighted by Gasteiger charge is 2.37. The van der Waals surface area contributed by atoms with Gasteiger partial charge >= 0.3 is 11.9 Å². The second-order valence-electron chi connectivity index (χ2n) is 20.7. The van der Waals surface area contributed by atoms with Crippen LogP contribution in [0.25, 0.3) is 0 Å². The van der Waals surface area contributed by atoms with Crippen molar-refractivity contribution in [2.24, 2.45) is 41.4 Å². The van der Waals surface area contributed by atoms with Crippen molar-refractivity contribution < 1.29 is 19.1 Å². The van der Waals surface area contributed by atoms with Crippen LogP contribution in [0.1, 0.15) is 245 Å². The molecule has 4 aliphatic rings. The van der Waals surface area contributed by atoms with Crippen molar-refractivity contribution in [1.29, 1.82) is 0 Å². The van der Waals surface area contributed by atoms with Crippen molar-refractivity contribution in [3.63, 3.8) is 0 Å². The fraction of sp³-hybridized carbons (Fsp3) is 0.962. The van der Waals surface area contributed by atoms with E-state index in [4.69, 9.17) is 9.47 Å². The van der Waals surface area contributed by atoms with E-state index in [2.05, 4.69) is 32.8 Å². The number of esters is 2. The normalized spacial score (nSPS) is 25.7. The minimum atomic E-state index is 0.0107. The third kappa shape index (κ3) is 20.3. The largest absolute Gasteiger partial charge is 0.462 e. The molecule has 0 saturated heterocycles. The summed E-state index contributed by atoms with van der Waals surface area (Å²) in [6.45, 7) is 5.62. The summed E-state index contributed by atoms with van der Waals surface area (Å²) in [7, 11) is 4.31. The molecule has 5 unspecified atom stereocenters. The van der Waals surface area contributed by atoms with Gasteiger partial charge in [-0.25, -0.2) is 0 Å². The predicted octanol–water partition coefficient (Wildman–Crippen LogP) is 14.8. The maximum atomic E-state index is 13.5. The molecule has 4 fully saturated rings. The number of fused-ring (bicyclic) bond motifs is 2. The highest BCUT2D eigenvalue weighted by atomic mass is 16.5. The fourth-order valence-corrected chi connectivity index (χ4v) is 12.2. The highest BCUT2D eigenvalue weighted by molar-refractivity contribution is 5.69. The Kier molecular flexibility index (Phi) is 24.9. The first-order valence-corrected chi connectivity index (χ1v) is 25.9. The topological polar surface area (TPSA) is 55.8 Å². The number of hydrogen-bond donors (Lipinski definition) is 0. The van der Waals surface area contributed by atoms with Crippen LogP contribution in [-0.4, -0.2) is 49.7 Å². The molecule has 5 nitrogen and oxygen atoms in total. The Hall–Kier alpha value is -1.10. The van der Waals surface area contributed by atoms with Gasteiger partial charge in [-0.2, -0.15) is 0 Å². The maximum Gasteiger partial charge on any atom is 0.306 e. The average molecular weight is 798 g/mol. The molecule has 0 aliphatic heterocycles. The van der Waals surface area contributed by atoms with Crippen LogP contribution >= 0.6 is 0 Å². The minimum Gasteiger partial charge on any atom is -0.462 e. The van der Waals surface area contributed by atoms with Crippen molar-refractivity contribution >= 4 is 11.9 Å². The molecule has 57 heavy (non-hydrogen) atoms. The van der Waals surface area contributed by atoms with E-state index in [1.54, 1.807) is 0 Å². The Morgan fingerprint density at radius 3 is 1.28 bits per heavy atom. The number of unbranched alkanes of at least 4 members (excludes halogenated alkanes) is 8. The van der Waals surface area contributed by atoms with Gasteiger partial charge in [-0.05, 0) is 178 Å². The predicted molar refractivity (Wildman–Crippen MR) is 240 cm³/mol. The molecule has 0 amide bonds. The first kappa shape index (κ1) is 48.6. The number of carbonyl (C=O) groups excluding carboxylic acids is 2. The van der Waals surface area contributed by atoms with Crippen molar-refractivity contribution in [1.82, 2.24) is 4.90 Å². The molecule has 4 rings (SSSR count). The van der Waals surface area contributed by atoms with Crippen molar-refractivity contribution in [3.05, 3.63) is 0 Å². The van der Waals surface area contributed by atoms with E-state index in [9.17, 15) is 9.59 Å². The number of rotatable bonds is 32. The SMILES string of the molecule is CCCCCCCC(CCCCCCC)OC(=O)CCCC(CCCC(=O)OC(CCC1CC2CCCCC2C1)CCC1CC2CCCCC2C1)CCCN(C)C. The van der Waals surface area contributed by atoms with Gasteiger partial charge in [0, 0.05) is 12.8 Å². The van der Waals surface area contributed by atoms with E-state index >= 15 is 0 Å². The van der Waals surface area contributed by atoms with Gasteiger partial charge in [0.1, 0.15) is 12.2 Å². The van der Waals surface area contributed by atoms with Crippen molar-refractivity contribution in [2.45, 2.75) is 257 Å². The molecule has 0 bridgehead atoms. The molecule has 5 atom stereocenters. The molecule has 0 heterocycles. The zero-order chi connectivity index (χ0) is 40.5. The Labute approximate surface area is 354 Å². The van der Waals surface area contributed by atoms with Gasteiger partial charge in [-0.1, -0.05) is 117 Å². The van der Waals surface area contributed by atoms with Crippen LogP contribution in [0.2, 0.25) is 0 Å².